The summed E-state index contributed by atoms with van der Waals surface area (Å²) in [5, 5.41) is 3.25. The number of nitrogens with one attached hydrogen (secondary N) is 1. The van der Waals surface area contributed by atoms with Crippen molar-refractivity contribution in [3.63, 3.8) is 0 Å². The smallest absolute Gasteiger partial charge is 0.0318 e. The Morgan fingerprint density at radius 1 is 1.00 bits per heavy atom. The lowest BCUT2D eigenvalue weighted by molar-refractivity contribution is 0.651. The van der Waals surface area contributed by atoms with Crippen molar-refractivity contribution in [2.45, 2.75) is 22.8 Å². The van der Waals surface area contributed by atoms with Crippen LogP contribution in [0.5, 0.6) is 0 Å². The zero-order valence-electron chi connectivity index (χ0n) is 10.8. The Balaban J connectivity index is 2.25. The summed E-state index contributed by atoms with van der Waals surface area (Å²) in [6.07, 6.45) is 0. The van der Waals surface area contributed by atoms with Gasteiger partial charge < -0.3 is 5.32 Å². The van der Waals surface area contributed by atoms with E-state index in [-0.39, 0.29) is 0 Å². The maximum Gasteiger partial charge on any atom is 0.0318 e. The van der Waals surface area contributed by atoms with Gasteiger partial charge in [-0.05, 0) is 75.7 Å². The van der Waals surface area contributed by atoms with Crippen molar-refractivity contribution >= 4 is 43.6 Å². The third kappa shape index (κ3) is 3.85. The number of halogens is 2. The van der Waals surface area contributed by atoms with Crippen molar-refractivity contribution in [3.8, 4) is 0 Å². The average Bonchev–Trinajstić information content (AvgIpc) is 2.42. The van der Waals surface area contributed by atoms with Gasteiger partial charge in [-0.3, -0.25) is 0 Å². The Kier molecular flexibility index (Phi) is 5.51. The van der Waals surface area contributed by atoms with Gasteiger partial charge in [0.1, 0.15) is 0 Å². The van der Waals surface area contributed by atoms with Gasteiger partial charge >= 0.3 is 0 Å². The first-order chi connectivity index (χ1) is 9.11. The molecule has 0 aromatic heterocycles. The van der Waals surface area contributed by atoms with Crippen LogP contribution in [0.4, 0.5) is 0 Å². The van der Waals surface area contributed by atoms with Crippen LogP contribution in [0.3, 0.4) is 0 Å². The molecule has 1 N–H and O–H groups in total. The molecule has 0 spiro atoms. The molecule has 100 valence electrons. The molecule has 4 heteroatoms. The highest BCUT2D eigenvalue weighted by atomic mass is 79.9. The van der Waals surface area contributed by atoms with E-state index in [2.05, 4.69) is 80.5 Å². The van der Waals surface area contributed by atoms with Crippen LogP contribution >= 0.6 is 43.6 Å². The lowest BCUT2D eigenvalue weighted by atomic mass is 10.1. The van der Waals surface area contributed by atoms with Gasteiger partial charge in [-0.15, -0.1) is 0 Å². The van der Waals surface area contributed by atoms with Crippen molar-refractivity contribution in [2.75, 3.05) is 7.05 Å². The van der Waals surface area contributed by atoms with Gasteiger partial charge in [-0.2, -0.15) is 0 Å². The molecular formula is C15H15Br2NS. The minimum Gasteiger partial charge on any atom is -0.313 e. The zero-order valence-corrected chi connectivity index (χ0v) is 14.8. The molecule has 0 radical (unpaired) electrons. The standard InChI is InChI=1S/C15H15Br2NS/c1-10(18-2)11-7-8-15(13(17)9-11)19-14-6-4-3-5-12(14)16/h3-10,18H,1-2H3. The molecule has 1 unspecified atom stereocenters. The van der Waals surface area contributed by atoms with Gasteiger partial charge in [0.25, 0.3) is 0 Å². The first-order valence-corrected chi connectivity index (χ1v) is 8.41. The zero-order chi connectivity index (χ0) is 13.8. The third-order valence-electron chi connectivity index (χ3n) is 2.95. The molecule has 19 heavy (non-hydrogen) atoms. The van der Waals surface area contributed by atoms with Crippen LogP contribution in [-0.2, 0) is 0 Å². The maximum absolute atomic E-state index is 3.66. The molecule has 0 aliphatic carbocycles. The molecular weight excluding hydrogens is 386 g/mol. The minimum absolute atomic E-state index is 0.360. The van der Waals surface area contributed by atoms with Crippen LogP contribution in [0, 0.1) is 0 Å². The number of benzene rings is 2. The second-order valence-electron chi connectivity index (χ2n) is 4.23. The highest BCUT2D eigenvalue weighted by Gasteiger charge is 2.08. The molecule has 0 fully saturated rings. The number of hydrogen-bond acceptors (Lipinski definition) is 2. The Morgan fingerprint density at radius 2 is 1.68 bits per heavy atom. The quantitative estimate of drug-likeness (QED) is 0.712. The van der Waals surface area contributed by atoms with Gasteiger partial charge in [-0.1, -0.05) is 30.0 Å². The first kappa shape index (κ1) is 15.1. The van der Waals surface area contributed by atoms with Crippen LogP contribution in [0.1, 0.15) is 18.5 Å². The summed E-state index contributed by atoms with van der Waals surface area (Å²) in [6, 6.07) is 15.1. The van der Waals surface area contributed by atoms with E-state index in [1.165, 1.54) is 15.4 Å². The lowest BCUT2D eigenvalue weighted by Crippen LogP contribution is -2.12. The molecule has 1 nitrogen and oxygen atoms in total. The summed E-state index contributed by atoms with van der Waals surface area (Å²) in [7, 11) is 1.97. The normalized spacial score (nSPS) is 12.4. The molecule has 2 aromatic carbocycles. The molecule has 0 saturated heterocycles. The summed E-state index contributed by atoms with van der Waals surface area (Å²) in [5.74, 6) is 0. The van der Waals surface area contributed by atoms with Gasteiger partial charge in [-0.25, -0.2) is 0 Å². The molecule has 0 bridgehead atoms. The van der Waals surface area contributed by atoms with Crippen molar-refractivity contribution < 1.29 is 0 Å². The van der Waals surface area contributed by atoms with E-state index >= 15 is 0 Å². The van der Waals surface area contributed by atoms with Crippen molar-refractivity contribution in [1.29, 1.82) is 0 Å². The monoisotopic (exact) mass is 399 g/mol. The number of hydrogen-bond donors (Lipinski definition) is 1. The summed E-state index contributed by atoms with van der Waals surface area (Å²) in [5.41, 5.74) is 1.28. The highest BCUT2D eigenvalue weighted by Crippen LogP contribution is 2.38. The SMILES string of the molecule is CNC(C)c1ccc(Sc2ccccc2Br)c(Br)c1. The predicted octanol–water partition coefficient (Wildman–Crippen LogP) is 5.64. The largest absolute Gasteiger partial charge is 0.313 e. The second kappa shape index (κ2) is 6.93. The van der Waals surface area contributed by atoms with E-state index in [1.807, 2.05) is 13.1 Å². The fourth-order valence-electron chi connectivity index (χ4n) is 1.68. The second-order valence-corrected chi connectivity index (χ2v) is 7.03. The summed E-state index contributed by atoms with van der Waals surface area (Å²) in [4.78, 5) is 2.44. The van der Waals surface area contributed by atoms with Crippen molar-refractivity contribution in [3.05, 3.63) is 57.0 Å². The average molecular weight is 401 g/mol. The van der Waals surface area contributed by atoms with E-state index in [1.54, 1.807) is 11.8 Å². The van der Waals surface area contributed by atoms with Gasteiger partial charge in [0.05, 0.1) is 0 Å². The Morgan fingerprint density at radius 3 is 2.32 bits per heavy atom. The minimum atomic E-state index is 0.360. The van der Waals surface area contributed by atoms with Gasteiger partial charge in [0.15, 0.2) is 0 Å². The lowest BCUT2D eigenvalue weighted by Gasteiger charge is -2.13. The van der Waals surface area contributed by atoms with Crippen LogP contribution in [0.15, 0.2) is 61.2 Å². The molecule has 0 amide bonds. The summed E-state index contributed by atoms with van der Waals surface area (Å²) >= 11 is 9.00. The molecule has 1 atom stereocenters. The summed E-state index contributed by atoms with van der Waals surface area (Å²) in [6.45, 7) is 2.16. The molecule has 2 aromatic rings. The van der Waals surface area contributed by atoms with Crippen LogP contribution < -0.4 is 5.32 Å². The Bertz CT molecular complexity index is 572. The summed E-state index contributed by atoms with van der Waals surface area (Å²) < 4.78 is 2.26. The van der Waals surface area contributed by atoms with E-state index in [4.69, 9.17) is 0 Å². The van der Waals surface area contributed by atoms with Crippen molar-refractivity contribution in [2.24, 2.45) is 0 Å². The molecule has 2 rings (SSSR count). The van der Waals surface area contributed by atoms with Crippen LogP contribution in [-0.4, -0.2) is 7.05 Å². The van der Waals surface area contributed by atoms with E-state index in [0.29, 0.717) is 6.04 Å². The predicted molar refractivity (Wildman–Crippen MR) is 89.9 cm³/mol. The molecule has 0 aliphatic heterocycles. The van der Waals surface area contributed by atoms with E-state index in [0.717, 1.165) is 8.95 Å². The fourth-order valence-corrected chi connectivity index (χ4v) is 3.69. The van der Waals surface area contributed by atoms with Crippen LogP contribution in [0.25, 0.3) is 0 Å². The number of rotatable bonds is 4. The highest BCUT2D eigenvalue weighted by molar-refractivity contribution is 9.11. The molecule has 0 aliphatic rings. The maximum atomic E-state index is 3.66. The van der Waals surface area contributed by atoms with Crippen molar-refractivity contribution in [1.82, 2.24) is 5.32 Å². The topological polar surface area (TPSA) is 12.0 Å². The molecule has 0 saturated carbocycles. The van der Waals surface area contributed by atoms with E-state index in [9.17, 15) is 0 Å². The molecule has 0 heterocycles. The van der Waals surface area contributed by atoms with Crippen LogP contribution in [0.2, 0.25) is 0 Å². The van der Waals surface area contributed by atoms with Gasteiger partial charge in [0.2, 0.25) is 0 Å². The first-order valence-electron chi connectivity index (χ1n) is 6.01. The van der Waals surface area contributed by atoms with E-state index < -0.39 is 0 Å². The fraction of sp³-hybridized carbons (Fsp3) is 0.200. The Hall–Kier alpha value is -0.290. The van der Waals surface area contributed by atoms with Gasteiger partial charge in [0, 0.05) is 24.8 Å². The third-order valence-corrected chi connectivity index (χ3v) is 5.97. The Labute approximate surface area is 135 Å².